The third-order valence-corrected chi connectivity index (χ3v) is 5.67. The van der Waals surface area contributed by atoms with E-state index in [4.69, 9.17) is 0 Å². The minimum absolute atomic E-state index is 0.000119. The molecule has 1 fully saturated rings. The highest BCUT2D eigenvalue weighted by Crippen LogP contribution is 2.28. The van der Waals surface area contributed by atoms with Crippen molar-refractivity contribution in [2.45, 2.75) is 50.4 Å². The summed E-state index contributed by atoms with van der Waals surface area (Å²) in [5.41, 5.74) is 0.961. The van der Waals surface area contributed by atoms with Crippen LogP contribution in [-0.2, 0) is 11.3 Å². The van der Waals surface area contributed by atoms with E-state index in [1.54, 1.807) is 18.3 Å². The van der Waals surface area contributed by atoms with Crippen LogP contribution < -0.4 is 10.6 Å². The van der Waals surface area contributed by atoms with Crippen molar-refractivity contribution in [3.8, 4) is 0 Å². The first kappa shape index (κ1) is 14.9. The molecule has 2 N–H and O–H groups in total. The van der Waals surface area contributed by atoms with Gasteiger partial charge in [0.25, 0.3) is 0 Å². The topological polar surface area (TPSA) is 41.1 Å². The van der Waals surface area contributed by atoms with Gasteiger partial charge in [0.15, 0.2) is 0 Å². The molecule has 0 radical (unpaired) electrons. The van der Waals surface area contributed by atoms with Crippen molar-refractivity contribution in [1.82, 2.24) is 5.32 Å². The molecular weight excluding hydrogens is 276 g/mol. The average molecular weight is 298 g/mol. The molecule has 0 spiro atoms. The molecule has 1 aliphatic carbocycles. The minimum atomic E-state index is 0.000119. The van der Waals surface area contributed by atoms with Crippen LogP contribution in [0.2, 0.25) is 0 Å². The fourth-order valence-corrected chi connectivity index (χ4v) is 4.04. The number of carbonyl (C=O) groups excluding carboxylic acids is 1. The van der Waals surface area contributed by atoms with E-state index in [-0.39, 0.29) is 5.91 Å². The zero-order valence-corrected chi connectivity index (χ0v) is 13.2. The maximum Gasteiger partial charge on any atom is 0.221 e. The maximum atomic E-state index is 11.1. The van der Waals surface area contributed by atoms with E-state index in [1.807, 2.05) is 23.2 Å². The second kappa shape index (κ2) is 7.31. The summed E-state index contributed by atoms with van der Waals surface area (Å²) in [7, 11) is 0. The Balaban J connectivity index is 1.79. The third-order valence-electron chi connectivity index (χ3n) is 3.61. The molecule has 0 aromatic carbocycles. The number of amides is 1. The predicted molar refractivity (Wildman–Crippen MR) is 85.0 cm³/mol. The van der Waals surface area contributed by atoms with Crippen LogP contribution in [0.1, 0.15) is 37.5 Å². The molecule has 19 heavy (non-hydrogen) atoms. The van der Waals surface area contributed by atoms with Crippen LogP contribution in [-0.4, -0.2) is 23.5 Å². The standard InChI is InChI=1S/C14H22N2OS2/c1-10(17)16-13-7-8-19-14(13)9-15-11-3-5-12(18-2)6-4-11/h7-8,11-12,15H,3-6,9H2,1-2H3,(H,16,17). The number of hydrogen-bond acceptors (Lipinski definition) is 4. The van der Waals surface area contributed by atoms with Crippen molar-refractivity contribution >= 4 is 34.7 Å². The molecule has 5 heteroatoms. The second-order valence-electron chi connectivity index (χ2n) is 5.03. The van der Waals surface area contributed by atoms with Gasteiger partial charge < -0.3 is 10.6 Å². The Labute approximate surface area is 123 Å². The first-order chi connectivity index (χ1) is 9.19. The van der Waals surface area contributed by atoms with Gasteiger partial charge in [0, 0.05) is 29.6 Å². The van der Waals surface area contributed by atoms with Crippen LogP contribution in [0.5, 0.6) is 0 Å². The molecule has 0 atom stereocenters. The summed E-state index contributed by atoms with van der Waals surface area (Å²) in [5, 5.41) is 9.41. The Morgan fingerprint density at radius 2 is 2.16 bits per heavy atom. The summed E-state index contributed by atoms with van der Waals surface area (Å²) in [6, 6.07) is 2.61. The van der Waals surface area contributed by atoms with E-state index in [0.717, 1.165) is 17.5 Å². The maximum absolute atomic E-state index is 11.1. The highest BCUT2D eigenvalue weighted by molar-refractivity contribution is 7.99. The van der Waals surface area contributed by atoms with E-state index in [2.05, 4.69) is 16.9 Å². The normalized spacial score (nSPS) is 23.3. The Bertz CT molecular complexity index is 411. The summed E-state index contributed by atoms with van der Waals surface area (Å²) in [6.45, 7) is 2.42. The first-order valence-corrected chi connectivity index (χ1v) is 8.96. The Hall–Kier alpha value is -0.520. The van der Waals surface area contributed by atoms with Crippen molar-refractivity contribution in [2.24, 2.45) is 0 Å². The highest BCUT2D eigenvalue weighted by Gasteiger charge is 2.20. The van der Waals surface area contributed by atoms with Crippen molar-refractivity contribution in [3.63, 3.8) is 0 Å². The Kier molecular flexibility index (Phi) is 5.73. The van der Waals surface area contributed by atoms with Gasteiger partial charge >= 0.3 is 0 Å². The summed E-state index contributed by atoms with van der Waals surface area (Å²) in [5.74, 6) is 0.000119. The van der Waals surface area contributed by atoms with E-state index in [9.17, 15) is 4.79 Å². The minimum Gasteiger partial charge on any atom is -0.325 e. The van der Waals surface area contributed by atoms with Crippen molar-refractivity contribution in [2.75, 3.05) is 11.6 Å². The quantitative estimate of drug-likeness (QED) is 0.874. The predicted octanol–water partition coefficient (Wildman–Crippen LogP) is 3.47. The Morgan fingerprint density at radius 1 is 1.42 bits per heavy atom. The lowest BCUT2D eigenvalue weighted by molar-refractivity contribution is -0.114. The number of thiophene rings is 1. The lowest BCUT2D eigenvalue weighted by Crippen LogP contribution is -2.33. The lowest BCUT2D eigenvalue weighted by atomic mass is 9.95. The van der Waals surface area contributed by atoms with E-state index in [1.165, 1.54) is 30.6 Å². The molecule has 0 unspecified atom stereocenters. The van der Waals surface area contributed by atoms with Crippen molar-refractivity contribution in [1.29, 1.82) is 0 Å². The summed E-state index contributed by atoms with van der Waals surface area (Å²) >= 11 is 3.70. The van der Waals surface area contributed by atoms with E-state index in [0.29, 0.717) is 6.04 Å². The summed E-state index contributed by atoms with van der Waals surface area (Å²) in [4.78, 5) is 12.3. The summed E-state index contributed by atoms with van der Waals surface area (Å²) < 4.78 is 0. The zero-order valence-electron chi connectivity index (χ0n) is 11.6. The van der Waals surface area contributed by atoms with Gasteiger partial charge in [0.2, 0.25) is 5.91 Å². The molecule has 1 aliphatic rings. The van der Waals surface area contributed by atoms with Crippen LogP contribution in [0.15, 0.2) is 11.4 Å². The van der Waals surface area contributed by atoms with Gasteiger partial charge in [-0.05, 0) is 43.4 Å². The van der Waals surface area contributed by atoms with E-state index < -0.39 is 0 Å². The molecule has 3 nitrogen and oxygen atoms in total. The summed E-state index contributed by atoms with van der Waals surface area (Å²) in [6.07, 6.45) is 7.39. The van der Waals surface area contributed by atoms with Gasteiger partial charge in [0.1, 0.15) is 0 Å². The first-order valence-electron chi connectivity index (χ1n) is 6.79. The van der Waals surface area contributed by atoms with Gasteiger partial charge in [-0.15, -0.1) is 11.3 Å². The Morgan fingerprint density at radius 3 is 2.79 bits per heavy atom. The number of rotatable bonds is 5. The van der Waals surface area contributed by atoms with Gasteiger partial charge in [-0.25, -0.2) is 0 Å². The number of carbonyl (C=O) groups is 1. The van der Waals surface area contributed by atoms with Gasteiger partial charge in [-0.1, -0.05) is 0 Å². The van der Waals surface area contributed by atoms with Gasteiger partial charge in [0.05, 0.1) is 5.69 Å². The lowest BCUT2D eigenvalue weighted by Gasteiger charge is -2.28. The fraction of sp³-hybridized carbons (Fsp3) is 0.643. The van der Waals surface area contributed by atoms with Crippen LogP contribution in [0, 0.1) is 0 Å². The molecule has 1 saturated carbocycles. The highest BCUT2D eigenvalue weighted by atomic mass is 32.2. The monoisotopic (exact) mass is 298 g/mol. The number of anilines is 1. The van der Waals surface area contributed by atoms with Crippen molar-refractivity contribution in [3.05, 3.63) is 16.3 Å². The molecular formula is C14H22N2OS2. The fourth-order valence-electron chi connectivity index (χ4n) is 2.52. The molecule has 0 aliphatic heterocycles. The van der Waals surface area contributed by atoms with Gasteiger partial charge in [-0.2, -0.15) is 11.8 Å². The number of nitrogens with one attached hydrogen (secondary N) is 2. The van der Waals surface area contributed by atoms with Crippen LogP contribution in [0.4, 0.5) is 5.69 Å². The molecule has 2 rings (SSSR count). The van der Waals surface area contributed by atoms with Crippen molar-refractivity contribution < 1.29 is 4.79 Å². The van der Waals surface area contributed by atoms with Crippen LogP contribution in [0.25, 0.3) is 0 Å². The SMILES string of the molecule is CSC1CCC(NCc2sccc2NC(C)=O)CC1. The van der Waals surface area contributed by atoms with Crippen LogP contribution >= 0.6 is 23.1 Å². The number of thioether (sulfide) groups is 1. The molecule has 1 amide bonds. The molecule has 1 aromatic heterocycles. The largest absolute Gasteiger partial charge is 0.325 e. The molecule has 0 bridgehead atoms. The molecule has 1 aromatic rings. The van der Waals surface area contributed by atoms with Crippen LogP contribution in [0.3, 0.4) is 0 Å². The molecule has 1 heterocycles. The number of hydrogen-bond donors (Lipinski definition) is 2. The zero-order chi connectivity index (χ0) is 13.7. The van der Waals surface area contributed by atoms with Gasteiger partial charge in [-0.3, -0.25) is 4.79 Å². The molecule has 0 saturated heterocycles. The van der Waals surface area contributed by atoms with E-state index >= 15 is 0 Å². The average Bonchev–Trinajstić information content (AvgIpc) is 2.83. The third kappa shape index (κ3) is 4.51. The molecule has 106 valence electrons. The smallest absolute Gasteiger partial charge is 0.221 e. The second-order valence-corrected chi connectivity index (χ2v) is 7.17.